The Labute approximate surface area is 133 Å². The summed E-state index contributed by atoms with van der Waals surface area (Å²) < 4.78 is 6.26. The Bertz CT molecular complexity index is 663. The number of hydrogen-bond acceptors (Lipinski definition) is 2. The van der Waals surface area contributed by atoms with Crippen LogP contribution >= 0.6 is 0 Å². The van der Waals surface area contributed by atoms with Crippen LogP contribution in [-0.2, 0) is 6.42 Å². The lowest BCUT2D eigenvalue weighted by molar-refractivity contribution is 0.142. The second-order valence-corrected chi connectivity index (χ2v) is 7.12. The maximum Gasteiger partial charge on any atom is 0.132 e. The number of aryl methyl sites for hydroxylation is 1. The van der Waals surface area contributed by atoms with Crippen LogP contribution < -0.4 is 4.74 Å². The third-order valence-electron chi connectivity index (χ3n) is 4.74. The summed E-state index contributed by atoms with van der Waals surface area (Å²) in [5.41, 5.74) is 5.54. The van der Waals surface area contributed by atoms with Crippen LogP contribution in [0.3, 0.4) is 0 Å². The third-order valence-corrected chi connectivity index (χ3v) is 4.74. The van der Waals surface area contributed by atoms with Crippen molar-refractivity contribution >= 4 is 5.57 Å². The number of allylic oxidation sites excluding steroid dienone is 3. The molecule has 0 bridgehead atoms. The van der Waals surface area contributed by atoms with E-state index in [1.54, 1.807) is 0 Å². The lowest BCUT2D eigenvalue weighted by Gasteiger charge is -2.35. The summed E-state index contributed by atoms with van der Waals surface area (Å²) >= 11 is 0. The van der Waals surface area contributed by atoms with Crippen LogP contribution in [0.5, 0.6) is 11.5 Å². The van der Waals surface area contributed by atoms with Gasteiger partial charge >= 0.3 is 0 Å². The zero-order chi connectivity index (χ0) is 15.9. The Morgan fingerprint density at radius 1 is 1.23 bits per heavy atom. The summed E-state index contributed by atoms with van der Waals surface area (Å²) in [6.45, 7) is 8.60. The van der Waals surface area contributed by atoms with E-state index >= 15 is 0 Å². The molecule has 0 saturated heterocycles. The van der Waals surface area contributed by atoms with Crippen LogP contribution in [0.15, 0.2) is 29.4 Å². The van der Waals surface area contributed by atoms with E-state index in [1.807, 2.05) is 6.07 Å². The Balaban J connectivity index is 2.02. The van der Waals surface area contributed by atoms with Crippen molar-refractivity contribution in [2.75, 3.05) is 0 Å². The first-order valence-electron chi connectivity index (χ1n) is 8.38. The summed E-state index contributed by atoms with van der Waals surface area (Å²) in [7, 11) is 0. The van der Waals surface area contributed by atoms with Gasteiger partial charge in [-0.15, -0.1) is 0 Å². The lowest BCUT2D eigenvalue weighted by atomic mass is 9.86. The van der Waals surface area contributed by atoms with Gasteiger partial charge in [-0.05, 0) is 68.9 Å². The number of ether oxygens (including phenoxy) is 1. The first kappa shape index (κ1) is 15.2. The highest BCUT2D eigenvalue weighted by Crippen LogP contribution is 2.50. The van der Waals surface area contributed by atoms with Crippen LogP contribution in [0.2, 0.25) is 0 Å². The van der Waals surface area contributed by atoms with E-state index in [0.29, 0.717) is 5.75 Å². The van der Waals surface area contributed by atoms with Gasteiger partial charge in [0.2, 0.25) is 0 Å². The van der Waals surface area contributed by atoms with Crippen LogP contribution in [0.25, 0.3) is 5.57 Å². The van der Waals surface area contributed by atoms with Crippen molar-refractivity contribution in [2.45, 2.75) is 65.4 Å². The molecule has 3 rings (SSSR count). The lowest BCUT2D eigenvalue weighted by Crippen LogP contribution is -2.33. The number of hydrogen-bond donors (Lipinski definition) is 1. The van der Waals surface area contributed by atoms with Crippen molar-refractivity contribution in [3.8, 4) is 11.5 Å². The maximum atomic E-state index is 10.6. The van der Waals surface area contributed by atoms with E-state index in [1.165, 1.54) is 35.1 Å². The SMILES string of the molecule is CCCCCc1cc(O)c2c(c1)OC(C)(C)C1=C2C=C(C)C1. The average molecular weight is 298 g/mol. The zero-order valence-electron chi connectivity index (χ0n) is 14.1. The van der Waals surface area contributed by atoms with Gasteiger partial charge < -0.3 is 9.84 Å². The Kier molecular flexibility index (Phi) is 3.80. The molecule has 2 aliphatic rings. The fraction of sp³-hybridized carbons (Fsp3) is 0.500. The molecule has 0 fully saturated rings. The highest BCUT2D eigenvalue weighted by Gasteiger charge is 2.37. The fourth-order valence-corrected chi connectivity index (χ4v) is 3.59. The van der Waals surface area contributed by atoms with Gasteiger partial charge in [0.1, 0.15) is 17.1 Å². The van der Waals surface area contributed by atoms with E-state index in [4.69, 9.17) is 4.74 Å². The van der Waals surface area contributed by atoms with Crippen LogP contribution in [-0.4, -0.2) is 10.7 Å². The molecule has 0 spiro atoms. The molecule has 1 aromatic rings. The minimum absolute atomic E-state index is 0.301. The molecule has 0 atom stereocenters. The molecule has 1 aliphatic heterocycles. The van der Waals surface area contributed by atoms with Crippen LogP contribution in [0.4, 0.5) is 0 Å². The second-order valence-electron chi connectivity index (χ2n) is 7.12. The van der Waals surface area contributed by atoms with Crippen molar-refractivity contribution in [1.82, 2.24) is 0 Å². The summed E-state index contributed by atoms with van der Waals surface area (Å²) in [5, 5.41) is 10.6. The van der Waals surface area contributed by atoms with E-state index in [9.17, 15) is 5.11 Å². The fourth-order valence-electron chi connectivity index (χ4n) is 3.59. The first-order chi connectivity index (χ1) is 10.4. The number of fused-ring (bicyclic) bond motifs is 2. The molecule has 2 heteroatoms. The van der Waals surface area contributed by atoms with Crippen molar-refractivity contribution in [3.63, 3.8) is 0 Å². The number of aromatic hydroxyl groups is 1. The Morgan fingerprint density at radius 2 is 2.00 bits per heavy atom. The Hall–Kier alpha value is -1.70. The van der Waals surface area contributed by atoms with Gasteiger partial charge in [0.15, 0.2) is 0 Å². The molecule has 1 aromatic carbocycles. The van der Waals surface area contributed by atoms with Crippen molar-refractivity contribution in [1.29, 1.82) is 0 Å². The highest BCUT2D eigenvalue weighted by atomic mass is 16.5. The summed E-state index contributed by atoms with van der Waals surface area (Å²) in [4.78, 5) is 0. The molecule has 0 saturated carbocycles. The number of rotatable bonds is 4. The molecule has 0 amide bonds. The molecule has 22 heavy (non-hydrogen) atoms. The van der Waals surface area contributed by atoms with Gasteiger partial charge in [-0.1, -0.05) is 31.4 Å². The maximum absolute atomic E-state index is 10.6. The summed E-state index contributed by atoms with van der Waals surface area (Å²) in [5.74, 6) is 1.19. The molecule has 1 aliphatic carbocycles. The van der Waals surface area contributed by atoms with E-state index in [0.717, 1.165) is 30.6 Å². The van der Waals surface area contributed by atoms with Crippen molar-refractivity contribution in [3.05, 3.63) is 40.5 Å². The smallest absolute Gasteiger partial charge is 0.132 e. The minimum Gasteiger partial charge on any atom is -0.507 e. The summed E-state index contributed by atoms with van der Waals surface area (Å²) in [6.07, 6.45) is 7.74. The quantitative estimate of drug-likeness (QED) is 0.754. The monoisotopic (exact) mass is 298 g/mol. The molecule has 0 unspecified atom stereocenters. The first-order valence-corrected chi connectivity index (χ1v) is 8.38. The normalized spacial score (nSPS) is 18.6. The van der Waals surface area contributed by atoms with Crippen molar-refractivity contribution < 1.29 is 9.84 Å². The molecule has 1 heterocycles. The summed E-state index contributed by atoms with van der Waals surface area (Å²) in [6, 6.07) is 4.04. The molecule has 1 N–H and O–H groups in total. The largest absolute Gasteiger partial charge is 0.507 e. The van der Waals surface area contributed by atoms with Crippen molar-refractivity contribution in [2.24, 2.45) is 0 Å². The second kappa shape index (κ2) is 5.49. The number of benzene rings is 1. The number of phenolic OH excluding ortho intramolecular Hbond substituents is 1. The minimum atomic E-state index is -0.301. The van der Waals surface area contributed by atoms with Gasteiger partial charge in [-0.2, -0.15) is 0 Å². The van der Waals surface area contributed by atoms with E-state index in [2.05, 4.69) is 39.8 Å². The topological polar surface area (TPSA) is 29.5 Å². The van der Waals surface area contributed by atoms with E-state index in [-0.39, 0.29) is 5.60 Å². The van der Waals surface area contributed by atoms with Crippen LogP contribution in [0.1, 0.15) is 64.5 Å². The standard InChI is InChI=1S/C20H26O2/c1-5-6-7-8-14-11-17(21)19-15-9-13(2)10-16(15)20(3,4)22-18(19)12-14/h9,11-12,21H,5-8,10H2,1-4H3. The average Bonchev–Trinajstić information content (AvgIpc) is 2.80. The molecular weight excluding hydrogens is 272 g/mol. The predicted octanol–water partition coefficient (Wildman–Crippen LogP) is 5.40. The third kappa shape index (κ3) is 2.55. The molecular formula is C20H26O2. The van der Waals surface area contributed by atoms with E-state index < -0.39 is 0 Å². The van der Waals surface area contributed by atoms with Gasteiger partial charge in [0, 0.05) is 0 Å². The van der Waals surface area contributed by atoms with Gasteiger partial charge in [-0.25, -0.2) is 0 Å². The zero-order valence-corrected chi connectivity index (χ0v) is 14.1. The molecule has 118 valence electrons. The number of phenols is 1. The van der Waals surface area contributed by atoms with Gasteiger partial charge in [0.05, 0.1) is 5.56 Å². The molecule has 0 aromatic heterocycles. The van der Waals surface area contributed by atoms with Crippen LogP contribution in [0, 0.1) is 0 Å². The van der Waals surface area contributed by atoms with Gasteiger partial charge in [-0.3, -0.25) is 0 Å². The molecule has 0 radical (unpaired) electrons. The Morgan fingerprint density at radius 3 is 2.73 bits per heavy atom. The predicted molar refractivity (Wildman–Crippen MR) is 91.3 cm³/mol. The highest BCUT2D eigenvalue weighted by molar-refractivity contribution is 5.89. The number of unbranched alkanes of at least 4 members (excludes halogenated alkanes) is 2. The van der Waals surface area contributed by atoms with Gasteiger partial charge in [0.25, 0.3) is 0 Å². The molecule has 2 nitrogen and oxygen atoms in total.